The number of cyclic esters (lactones) is 1. The zero-order valence-electron chi connectivity index (χ0n) is 44.6. The summed E-state index contributed by atoms with van der Waals surface area (Å²) in [6.07, 6.45) is -1.14. The third-order valence-corrected chi connectivity index (χ3v) is 15.8. The van der Waals surface area contributed by atoms with E-state index in [1.807, 2.05) is 77.9 Å². The van der Waals surface area contributed by atoms with Crippen molar-refractivity contribution in [3.05, 3.63) is 35.7 Å². The molecule has 0 spiro atoms. The summed E-state index contributed by atoms with van der Waals surface area (Å²) in [7, 11) is 8.72. The summed E-state index contributed by atoms with van der Waals surface area (Å²) >= 11 is 0. The molecule has 69 heavy (non-hydrogen) atoms. The number of benzene rings is 1. The number of hydrogen-bond donors (Lipinski definition) is 7. The van der Waals surface area contributed by atoms with Crippen LogP contribution in [0.4, 0.5) is 0 Å². The average Bonchev–Trinajstić information content (AvgIpc) is 3.30. The molecule has 3 heterocycles. The van der Waals surface area contributed by atoms with Gasteiger partial charge in [-0.25, -0.2) is 0 Å². The number of rotatable bonds is 16. The van der Waals surface area contributed by atoms with Crippen molar-refractivity contribution in [1.29, 1.82) is 0 Å². The molecule has 0 bridgehead atoms. The van der Waals surface area contributed by atoms with Crippen molar-refractivity contribution in [2.24, 2.45) is 23.7 Å². The van der Waals surface area contributed by atoms with Crippen molar-refractivity contribution in [1.82, 2.24) is 15.1 Å². The Morgan fingerprint density at radius 1 is 1.00 bits per heavy atom. The molecule has 1 aromatic carbocycles. The molecular weight excluding hydrogens is 889 g/mol. The molecule has 17 heteroatoms. The maximum atomic E-state index is 14.6. The number of methoxy groups -OCH3 is 3. The summed E-state index contributed by atoms with van der Waals surface area (Å²) in [6.45, 7) is 19.5. The van der Waals surface area contributed by atoms with Crippen LogP contribution in [0.3, 0.4) is 0 Å². The third-order valence-electron chi connectivity index (χ3n) is 15.8. The molecule has 3 aliphatic heterocycles. The highest BCUT2D eigenvalue weighted by Crippen LogP contribution is 2.45. The van der Waals surface area contributed by atoms with Gasteiger partial charge in [-0.3, -0.25) is 4.79 Å². The minimum atomic E-state index is -1.79. The van der Waals surface area contributed by atoms with E-state index in [9.17, 15) is 30.3 Å². The largest absolute Gasteiger partial charge is 0.493 e. The fraction of sp³-hybridized carbons (Fsp3) is 0.827. The van der Waals surface area contributed by atoms with Gasteiger partial charge in [-0.05, 0) is 111 Å². The second-order valence-corrected chi connectivity index (χ2v) is 21.7. The number of ether oxygens (including phenoxy) is 7. The lowest BCUT2D eigenvalue weighted by molar-refractivity contribution is -0.308. The fourth-order valence-corrected chi connectivity index (χ4v) is 11.4. The second-order valence-electron chi connectivity index (χ2n) is 21.7. The quantitative estimate of drug-likeness (QED) is 0.118. The molecule has 3 saturated heterocycles. The first-order chi connectivity index (χ1) is 32.3. The van der Waals surface area contributed by atoms with Crippen molar-refractivity contribution in [3.8, 4) is 11.5 Å². The van der Waals surface area contributed by atoms with Crippen LogP contribution in [0.15, 0.2) is 30.1 Å². The predicted molar refractivity (Wildman–Crippen MR) is 263 cm³/mol. The molecule has 0 aromatic heterocycles. The summed E-state index contributed by atoms with van der Waals surface area (Å²) in [5.41, 5.74) is 1.92. The first kappa shape index (κ1) is 58.9. The third kappa shape index (κ3) is 14.7. The Labute approximate surface area is 413 Å². The lowest BCUT2D eigenvalue weighted by Gasteiger charge is -2.51. The molecule has 1 aromatic rings. The Bertz CT molecular complexity index is 1790. The fourth-order valence-electron chi connectivity index (χ4n) is 11.4. The molecule has 0 amide bonds. The molecule has 9 N–H and O–H groups in total. The van der Waals surface area contributed by atoms with E-state index in [-0.39, 0.29) is 43.6 Å². The number of nitrogens with zero attached hydrogens (tertiary/aromatic N) is 2. The van der Waals surface area contributed by atoms with Crippen LogP contribution in [0.25, 0.3) is 0 Å². The molecule has 0 radical (unpaired) electrons. The molecule has 0 aliphatic carbocycles. The van der Waals surface area contributed by atoms with E-state index in [4.69, 9.17) is 33.2 Å². The number of esters is 1. The smallest absolute Gasteiger partial charge is 0.309 e. The molecule has 0 saturated carbocycles. The summed E-state index contributed by atoms with van der Waals surface area (Å²) in [5, 5.41) is 61.3. The van der Waals surface area contributed by atoms with Gasteiger partial charge in [-0.15, -0.1) is 0 Å². The normalized spacial score (nSPS) is 39.8. The van der Waals surface area contributed by atoms with Crippen LogP contribution in [0, 0.1) is 23.7 Å². The van der Waals surface area contributed by atoms with E-state index in [1.54, 1.807) is 42.1 Å². The summed E-state index contributed by atoms with van der Waals surface area (Å²) < 4.78 is 43.3. The molecule has 4 rings (SSSR count). The van der Waals surface area contributed by atoms with Gasteiger partial charge >= 0.3 is 5.97 Å². The van der Waals surface area contributed by atoms with Crippen LogP contribution < -0.4 is 20.5 Å². The number of nitrogens with one attached hydrogen (secondary N) is 1. The molecule has 17 nitrogen and oxygen atoms in total. The standard InChI is InChI=1S/C52H92N4O13/c1-16-43-52(10,62)46(58)34(6)56(12)28-30(2)25-50(8,61)48(32(4)45(33(5)49(60)68-43)42-26-51(9,65-15)47(59)35(7)67-42)69-44-24-39(21-31(3)66-44)55(11)20-19-37(53)27-54-38(29-57)22-36-17-18-40(63-13)41(23-36)64-14/h17-18,23,27,30-35,38-39,42-48,54,57-59,61-62H,16,19-22,24-26,28-29,53H2,1-15H3/p+1/b37-27-/t30-,31-,32+,33-,34-,35+,38+,39+,42-,43-,44+,45?,46-,47+,48-,50-,51-,52-/m1/s1. The maximum absolute atomic E-state index is 14.6. The van der Waals surface area contributed by atoms with Crippen molar-refractivity contribution in [2.75, 3.05) is 55.1 Å². The van der Waals surface area contributed by atoms with Crippen LogP contribution in [-0.4, -0.2) is 180 Å². The van der Waals surface area contributed by atoms with E-state index in [0.29, 0.717) is 50.3 Å². The first-order valence-electron chi connectivity index (χ1n) is 25.3. The maximum Gasteiger partial charge on any atom is 0.309 e. The van der Waals surface area contributed by atoms with Gasteiger partial charge in [0.15, 0.2) is 17.8 Å². The van der Waals surface area contributed by atoms with Crippen LogP contribution in [-0.2, 0) is 34.9 Å². The Morgan fingerprint density at radius 2 is 1.67 bits per heavy atom. The Hall–Kier alpha value is -2.65. The highest BCUT2D eigenvalue weighted by atomic mass is 16.7. The van der Waals surface area contributed by atoms with Crippen molar-refractivity contribution in [2.45, 2.75) is 198 Å². The summed E-state index contributed by atoms with van der Waals surface area (Å²) in [5.74, 6) is -1.48. The van der Waals surface area contributed by atoms with Gasteiger partial charge in [0, 0.05) is 57.5 Å². The van der Waals surface area contributed by atoms with Gasteiger partial charge in [0.2, 0.25) is 0 Å². The molecular formula is C52H93N4O13+. The number of carbonyl (C=O) groups is 1. The molecule has 18 atom stereocenters. The zero-order chi connectivity index (χ0) is 51.8. The van der Waals surface area contributed by atoms with E-state index in [1.165, 1.54) is 6.92 Å². The highest BCUT2D eigenvalue weighted by Gasteiger charge is 2.54. The predicted octanol–water partition coefficient (Wildman–Crippen LogP) is 3.26. The van der Waals surface area contributed by atoms with E-state index in [0.717, 1.165) is 17.7 Å². The van der Waals surface area contributed by atoms with E-state index >= 15 is 0 Å². The summed E-state index contributed by atoms with van der Waals surface area (Å²) in [4.78, 5) is 18.9. The van der Waals surface area contributed by atoms with Gasteiger partial charge in [-0.2, -0.15) is 0 Å². The Balaban J connectivity index is 1.63. The van der Waals surface area contributed by atoms with E-state index in [2.05, 4.69) is 23.0 Å². The van der Waals surface area contributed by atoms with Crippen molar-refractivity contribution in [3.63, 3.8) is 0 Å². The van der Waals surface area contributed by atoms with Gasteiger partial charge in [-0.1, -0.05) is 33.8 Å². The monoisotopic (exact) mass is 982 g/mol. The number of likely N-dealkylation sites (N-methyl/N-ethyl adjacent to an activating group) is 1. The van der Waals surface area contributed by atoms with Gasteiger partial charge < -0.3 is 79.5 Å². The number of aliphatic hydroxyl groups is 5. The van der Waals surface area contributed by atoms with E-state index < -0.39 is 89.5 Å². The van der Waals surface area contributed by atoms with Gasteiger partial charge in [0.25, 0.3) is 0 Å². The van der Waals surface area contributed by atoms with Crippen LogP contribution in [0.2, 0.25) is 0 Å². The number of aliphatic hydroxyl groups excluding tert-OH is 3. The first-order valence-corrected chi connectivity index (χ1v) is 25.3. The SMILES string of the molecule is CC[C@H]1OC(=O)[C@H](C)C([C@H]2C[C@@](C)(OC)[C@@H](O)[C@H](C)O2)[C@H](C)[C@@H](O[C@H]2C[C@@H](N(C)CC/C([NH3+])=C/N[C@H](CO)Cc3ccc(OC)c(OC)c3)C[C@@H](C)O2)[C@](C)(O)C[C@@H](C)CN(C)[C@H](C)[C@@H](O)[C@]1(C)O. The lowest BCUT2D eigenvalue weighted by Crippen LogP contribution is -2.61. The highest BCUT2D eigenvalue weighted by molar-refractivity contribution is 5.73. The summed E-state index contributed by atoms with van der Waals surface area (Å²) in [6, 6.07) is 5.03. The number of hydrogen-bond acceptors (Lipinski definition) is 16. The molecule has 398 valence electrons. The molecule has 3 aliphatic rings. The molecule has 3 fully saturated rings. The molecule has 1 unspecified atom stereocenters. The Morgan fingerprint density at radius 3 is 2.28 bits per heavy atom. The van der Waals surface area contributed by atoms with Gasteiger partial charge in [0.05, 0.1) is 74.6 Å². The van der Waals surface area contributed by atoms with Crippen LogP contribution in [0.5, 0.6) is 11.5 Å². The Kier molecular flexibility index (Phi) is 21.6. The minimum Gasteiger partial charge on any atom is -0.493 e. The topological polar surface area (TPSA) is 229 Å². The van der Waals surface area contributed by atoms with Crippen LogP contribution >= 0.6 is 0 Å². The number of carbonyl (C=O) groups excluding carboxylic acids is 1. The lowest BCUT2D eigenvalue weighted by atomic mass is 9.68. The second kappa shape index (κ2) is 25.3. The zero-order valence-corrected chi connectivity index (χ0v) is 44.6. The van der Waals surface area contributed by atoms with Crippen molar-refractivity contribution < 1.29 is 69.2 Å². The number of quaternary nitrogens is 1. The average molecular weight is 982 g/mol. The van der Waals surface area contributed by atoms with Gasteiger partial charge in [0.1, 0.15) is 29.6 Å². The van der Waals surface area contributed by atoms with Crippen LogP contribution in [0.1, 0.15) is 113 Å². The van der Waals surface area contributed by atoms with Crippen molar-refractivity contribution >= 4 is 5.97 Å². The minimum absolute atomic E-state index is 0.0626.